The van der Waals surface area contributed by atoms with Gasteiger partial charge >= 0.3 is 0 Å². The SMILES string of the molecule is CCN(CC)C/C=C/CCN1CCC(Nc2cccc(C)c2)CC1. The van der Waals surface area contributed by atoms with Crippen LogP contribution >= 0.6 is 0 Å². The molecule has 1 saturated heterocycles. The van der Waals surface area contributed by atoms with Crippen molar-refractivity contribution < 1.29 is 0 Å². The van der Waals surface area contributed by atoms with Gasteiger partial charge < -0.3 is 15.1 Å². The summed E-state index contributed by atoms with van der Waals surface area (Å²) in [5, 5.41) is 3.70. The van der Waals surface area contributed by atoms with Crippen molar-refractivity contribution in [1.82, 2.24) is 9.80 Å². The highest BCUT2D eigenvalue weighted by molar-refractivity contribution is 5.46. The number of aryl methyl sites for hydroxylation is 1. The molecule has 1 heterocycles. The number of likely N-dealkylation sites (tertiary alicyclic amines) is 1. The lowest BCUT2D eigenvalue weighted by atomic mass is 10.0. The molecule has 0 aromatic heterocycles. The maximum atomic E-state index is 3.70. The minimum absolute atomic E-state index is 0.626. The average molecular weight is 330 g/mol. The zero-order valence-electron chi connectivity index (χ0n) is 15.8. The predicted octanol–water partition coefficient (Wildman–Crippen LogP) is 4.16. The molecule has 0 saturated carbocycles. The van der Waals surface area contributed by atoms with Gasteiger partial charge in [-0.25, -0.2) is 0 Å². The minimum Gasteiger partial charge on any atom is -0.382 e. The van der Waals surface area contributed by atoms with Crippen molar-refractivity contribution in [2.24, 2.45) is 0 Å². The fraction of sp³-hybridized carbons (Fsp3) is 0.619. The van der Waals surface area contributed by atoms with Gasteiger partial charge in [0.25, 0.3) is 0 Å². The standard InChI is InChI=1S/C21H35N3/c1-4-23(5-2)14-7-6-8-15-24-16-12-20(13-17-24)22-21-11-9-10-19(3)18-21/h6-7,9-11,18,20,22H,4-5,8,12-17H2,1-3H3/b7-6+. The van der Waals surface area contributed by atoms with Crippen LogP contribution in [-0.4, -0.2) is 55.1 Å². The molecule has 2 rings (SSSR count). The fourth-order valence-corrected chi connectivity index (χ4v) is 3.35. The van der Waals surface area contributed by atoms with Crippen molar-refractivity contribution in [3.8, 4) is 0 Å². The number of nitrogens with one attached hydrogen (secondary N) is 1. The second-order valence-electron chi connectivity index (χ2n) is 6.88. The summed E-state index contributed by atoms with van der Waals surface area (Å²) in [5.41, 5.74) is 2.60. The van der Waals surface area contributed by atoms with Gasteiger partial charge in [0.2, 0.25) is 0 Å². The average Bonchev–Trinajstić information content (AvgIpc) is 2.60. The molecule has 0 aliphatic carbocycles. The Morgan fingerprint density at radius 3 is 2.58 bits per heavy atom. The van der Waals surface area contributed by atoms with E-state index in [0.717, 1.165) is 19.6 Å². The molecule has 0 amide bonds. The Bertz CT molecular complexity index is 486. The van der Waals surface area contributed by atoms with Crippen LogP contribution in [0.5, 0.6) is 0 Å². The van der Waals surface area contributed by atoms with E-state index in [-0.39, 0.29) is 0 Å². The molecular formula is C21H35N3. The molecule has 1 aliphatic rings. The number of likely N-dealkylation sites (N-methyl/N-ethyl adjacent to an activating group) is 1. The summed E-state index contributed by atoms with van der Waals surface area (Å²) >= 11 is 0. The zero-order valence-corrected chi connectivity index (χ0v) is 15.8. The molecule has 1 aromatic rings. The van der Waals surface area contributed by atoms with Crippen molar-refractivity contribution in [2.45, 2.75) is 46.1 Å². The van der Waals surface area contributed by atoms with Crippen LogP contribution in [0.4, 0.5) is 5.69 Å². The normalized spacial score (nSPS) is 17.0. The Morgan fingerprint density at radius 1 is 1.17 bits per heavy atom. The van der Waals surface area contributed by atoms with Crippen LogP contribution in [0.25, 0.3) is 0 Å². The van der Waals surface area contributed by atoms with Gasteiger partial charge in [0.1, 0.15) is 0 Å². The summed E-state index contributed by atoms with van der Waals surface area (Å²) in [4.78, 5) is 5.05. The highest BCUT2D eigenvalue weighted by atomic mass is 15.1. The first-order chi connectivity index (χ1) is 11.7. The van der Waals surface area contributed by atoms with Gasteiger partial charge in [-0.05, 0) is 57.0 Å². The highest BCUT2D eigenvalue weighted by Crippen LogP contribution is 2.17. The Morgan fingerprint density at radius 2 is 1.92 bits per heavy atom. The molecule has 1 aliphatic heterocycles. The van der Waals surface area contributed by atoms with E-state index in [0.29, 0.717) is 6.04 Å². The van der Waals surface area contributed by atoms with Gasteiger partial charge in [-0.2, -0.15) is 0 Å². The van der Waals surface area contributed by atoms with Crippen molar-refractivity contribution in [1.29, 1.82) is 0 Å². The van der Waals surface area contributed by atoms with Gasteiger partial charge in [0, 0.05) is 37.9 Å². The minimum atomic E-state index is 0.626. The van der Waals surface area contributed by atoms with Crippen LogP contribution in [0.2, 0.25) is 0 Å². The third-order valence-corrected chi connectivity index (χ3v) is 5.01. The summed E-state index contributed by atoms with van der Waals surface area (Å²) in [7, 11) is 0. The van der Waals surface area contributed by atoms with E-state index >= 15 is 0 Å². The number of piperidine rings is 1. The third-order valence-electron chi connectivity index (χ3n) is 5.01. The topological polar surface area (TPSA) is 18.5 Å². The molecule has 3 heteroatoms. The quantitative estimate of drug-likeness (QED) is 0.686. The first-order valence-corrected chi connectivity index (χ1v) is 9.64. The summed E-state index contributed by atoms with van der Waals surface area (Å²) in [6.45, 7) is 13.6. The van der Waals surface area contributed by atoms with Crippen LogP contribution in [0.1, 0.15) is 38.7 Å². The van der Waals surface area contributed by atoms with E-state index in [4.69, 9.17) is 0 Å². The third kappa shape index (κ3) is 6.66. The zero-order chi connectivity index (χ0) is 17.2. The number of hydrogen-bond acceptors (Lipinski definition) is 3. The van der Waals surface area contributed by atoms with Crippen molar-refractivity contribution >= 4 is 5.69 Å². The molecule has 134 valence electrons. The molecule has 24 heavy (non-hydrogen) atoms. The first-order valence-electron chi connectivity index (χ1n) is 9.64. The van der Waals surface area contributed by atoms with Gasteiger partial charge in [-0.1, -0.05) is 38.1 Å². The number of benzene rings is 1. The first kappa shape index (κ1) is 19.0. The van der Waals surface area contributed by atoms with Crippen LogP contribution in [0, 0.1) is 6.92 Å². The molecular weight excluding hydrogens is 294 g/mol. The van der Waals surface area contributed by atoms with Gasteiger partial charge in [-0.3, -0.25) is 0 Å². The van der Waals surface area contributed by atoms with Crippen LogP contribution < -0.4 is 5.32 Å². The Labute approximate surface area is 148 Å². The van der Waals surface area contributed by atoms with E-state index in [1.54, 1.807) is 0 Å². The van der Waals surface area contributed by atoms with Crippen LogP contribution in [0.15, 0.2) is 36.4 Å². The van der Waals surface area contributed by atoms with Crippen molar-refractivity contribution in [2.75, 3.05) is 44.6 Å². The van der Waals surface area contributed by atoms with Crippen molar-refractivity contribution in [3.63, 3.8) is 0 Å². The van der Waals surface area contributed by atoms with Gasteiger partial charge in [-0.15, -0.1) is 0 Å². The number of rotatable bonds is 9. The number of nitrogens with zero attached hydrogens (tertiary/aromatic N) is 2. The molecule has 0 unspecified atom stereocenters. The van der Waals surface area contributed by atoms with Crippen molar-refractivity contribution in [3.05, 3.63) is 42.0 Å². The van der Waals surface area contributed by atoms with E-state index in [9.17, 15) is 0 Å². The fourth-order valence-electron chi connectivity index (χ4n) is 3.35. The molecule has 0 radical (unpaired) electrons. The summed E-state index contributed by atoms with van der Waals surface area (Å²) in [5.74, 6) is 0. The van der Waals surface area contributed by atoms with Gasteiger partial charge in [0.05, 0.1) is 0 Å². The monoisotopic (exact) mass is 329 g/mol. The molecule has 3 nitrogen and oxygen atoms in total. The van der Waals surface area contributed by atoms with E-state index in [2.05, 4.69) is 72.3 Å². The summed E-state index contributed by atoms with van der Waals surface area (Å²) in [6, 6.07) is 9.34. The van der Waals surface area contributed by atoms with Crippen LogP contribution in [-0.2, 0) is 0 Å². The van der Waals surface area contributed by atoms with Crippen LogP contribution in [0.3, 0.4) is 0 Å². The lowest BCUT2D eigenvalue weighted by Crippen LogP contribution is -2.39. The molecule has 0 atom stereocenters. The smallest absolute Gasteiger partial charge is 0.0344 e. The Hall–Kier alpha value is -1.32. The van der Waals surface area contributed by atoms with E-state index in [1.165, 1.54) is 50.1 Å². The number of anilines is 1. The maximum absolute atomic E-state index is 3.70. The van der Waals surface area contributed by atoms with E-state index in [1.807, 2.05) is 0 Å². The lowest BCUT2D eigenvalue weighted by Gasteiger charge is -2.32. The second kappa shape index (κ2) is 10.5. The number of hydrogen-bond donors (Lipinski definition) is 1. The maximum Gasteiger partial charge on any atom is 0.0344 e. The molecule has 0 bridgehead atoms. The Kier molecular flexibility index (Phi) is 8.34. The van der Waals surface area contributed by atoms with E-state index < -0.39 is 0 Å². The lowest BCUT2D eigenvalue weighted by molar-refractivity contribution is 0.222. The molecule has 1 fully saturated rings. The highest BCUT2D eigenvalue weighted by Gasteiger charge is 2.18. The predicted molar refractivity (Wildman–Crippen MR) is 106 cm³/mol. The summed E-state index contributed by atoms with van der Waals surface area (Å²) < 4.78 is 0. The molecule has 0 spiro atoms. The van der Waals surface area contributed by atoms with Gasteiger partial charge in [0.15, 0.2) is 0 Å². The Balaban J connectivity index is 1.61. The second-order valence-corrected chi connectivity index (χ2v) is 6.88. The molecule has 1 N–H and O–H groups in total. The largest absolute Gasteiger partial charge is 0.382 e. The summed E-state index contributed by atoms with van der Waals surface area (Å²) in [6.07, 6.45) is 8.36. The molecule has 1 aromatic carbocycles.